The summed E-state index contributed by atoms with van der Waals surface area (Å²) in [5.41, 5.74) is 0.227. The fourth-order valence-electron chi connectivity index (χ4n) is 1.11. The number of carbonyl (C=O) groups is 2. The van der Waals surface area contributed by atoms with Gasteiger partial charge >= 0.3 is 5.97 Å². The molecule has 0 heterocycles. The van der Waals surface area contributed by atoms with Crippen LogP contribution in [0.1, 0.15) is 16.8 Å². The molecule has 0 saturated heterocycles. The Hall–Kier alpha value is -1.91. The van der Waals surface area contributed by atoms with Crippen molar-refractivity contribution in [3.05, 3.63) is 35.6 Å². The molecule has 5 heteroatoms. The van der Waals surface area contributed by atoms with Gasteiger partial charge in [0.15, 0.2) is 0 Å². The highest BCUT2D eigenvalue weighted by Gasteiger charge is 2.06. The Morgan fingerprint density at radius 3 is 2.81 bits per heavy atom. The highest BCUT2D eigenvalue weighted by atomic mass is 19.1. The summed E-state index contributed by atoms with van der Waals surface area (Å²) in [6.45, 7) is 0.169. The number of rotatable bonds is 4. The summed E-state index contributed by atoms with van der Waals surface area (Å²) in [6, 6.07) is 5.33. The molecule has 0 aliphatic heterocycles. The Morgan fingerprint density at radius 2 is 2.19 bits per heavy atom. The second-order valence-corrected chi connectivity index (χ2v) is 3.09. The van der Waals surface area contributed by atoms with Gasteiger partial charge < -0.3 is 10.1 Å². The number of hydrogen-bond donors (Lipinski definition) is 1. The first-order chi connectivity index (χ1) is 7.63. The number of nitrogens with one attached hydrogen (secondary N) is 1. The van der Waals surface area contributed by atoms with Crippen molar-refractivity contribution in [2.45, 2.75) is 6.42 Å². The average Bonchev–Trinajstić information content (AvgIpc) is 2.28. The lowest BCUT2D eigenvalue weighted by Gasteiger charge is -2.04. The van der Waals surface area contributed by atoms with E-state index >= 15 is 0 Å². The van der Waals surface area contributed by atoms with E-state index < -0.39 is 17.7 Å². The predicted molar refractivity (Wildman–Crippen MR) is 55.4 cm³/mol. The van der Waals surface area contributed by atoms with Crippen LogP contribution < -0.4 is 5.32 Å². The molecule has 0 radical (unpaired) electrons. The van der Waals surface area contributed by atoms with Gasteiger partial charge in [0.05, 0.1) is 13.5 Å². The molecule has 1 N–H and O–H groups in total. The third-order valence-corrected chi connectivity index (χ3v) is 1.93. The maximum Gasteiger partial charge on any atom is 0.307 e. The van der Waals surface area contributed by atoms with Crippen LogP contribution in [0.5, 0.6) is 0 Å². The summed E-state index contributed by atoms with van der Waals surface area (Å²) >= 11 is 0. The van der Waals surface area contributed by atoms with E-state index in [9.17, 15) is 14.0 Å². The number of hydrogen-bond acceptors (Lipinski definition) is 3. The van der Waals surface area contributed by atoms with Crippen LogP contribution in [0.2, 0.25) is 0 Å². The van der Waals surface area contributed by atoms with Crippen molar-refractivity contribution in [1.29, 1.82) is 0 Å². The lowest BCUT2D eigenvalue weighted by atomic mass is 10.2. The van der Waals surface area contributed by atoms with Crippen LogP contribution in [0.25, 0.3) is 0 Å². The van der Waals surface area contributed by atoms with E-state index in [1.165, 1.54) is 25.3 Å². The quantitative estimate of drug-likeness (QED) is 0.781. The molecule has 1 aromatic rings. The van der Waals surface area contributed by atoms with Crippen LogP contribution in [-0.4, -0.2) is 25.5 Å². The van der Waals surface area contributed by atoms with Crippen molar-refractivity contribution in [2.24, 2.45) is 0 Å². The molecular weight excluding hydrogens is 213 g/mol. The third-order valence-electron chi connectivity index (χ3n) is 1.93. The van der Waals surface area contributed by atoms with Crippen LogP contribution in [-0.2, 0) is 9.53 Å². The minimum Gasteiger partial charge on any atom is -0.469 e. The van der Waals surface area contributed by atoms with Crippen LogP contribution in [0.4, 0.5) is 4.39 Å². The predicted octanol–water partition coefficient (Wildman–Crippen LogP) is 1.12. The molecule has 4 nitrogen and oxygen atoms in total. The molecule has 0 aliphatic carbocycles. The summed E-state index contributed by atoms with van der Waals surface area (Å²) in [5, 5.41) is 2.48. The largest absolute Gasteiger partial charge is 0.469 e. The number of esters is 1. The van der Waals surface area contributed by atoms with Crippen LogP contribution in [0.3, 0.4) is 0 Å². The molecule has 0 fully saturated rings. The Labute approximate surface area is 92.4 Å². The van der Waals surface area contributed by atoms with E-state index in [4.69, 9.17) is 0 Å². The van der Waals surface area contributed by atoms with Gasteiger partial charge in [0.1, 0.15) is 5.82 Å². The van der Waals surface area contributed by atoms with Crippen molar-refractivity contribution < 1.29 is 18.7 Å². The molecule has 0 aromatic heterocycles. The zero-order chi connectivity index (χ0) is 12.0. The normalized spacial score (nSPS) is 9.62. The summed E-state index contributed by atoms with van der Waals surface area (Å²) < 4.78 is 17.2. The van der Waals surface area contributed by atoms with Crippen molar-refractivity contribution in [1.82, 2.24) is 5.32 Å². The summed E-state index contributed by atoms with van der Waals surface area (Å²) in [6.07, 6.45) is 0.0948. The standard InChI is InChI=1S/C11H12FNO3/c1-16-10(14)5-6-13-11(15)8-3-2-4-9(12)7-8/h2-4,7H,5-6H2,1H3,(H,13,15). The Morgan fingerprint density at radius 1 is 1.44 bits per heavy atom. The molecule has 0 atom stereocenters. The zero-order valence-corrected chi connectivity index (χ0v) is 8.83. The Balaban J connectivity index is 2.44. The first-order valence-corrected chi connectivity index (χ1v) is 4.74. The van der Waals surface area contributed by atoms with Crippen LogP contribution in [0.15, 0.2) is 24.3 Å². The van der Waals surface area contributed by atoms with Crippen molar-refractivity contribution in [3.8, 4) is 0 Å². The first-order valence-electron chi connectivity index (χ1n) is 4.74. The van der Waals surface area contributed by atoms with Gasteiger partial charge in [0.25, 0.3) is 5.91 Å². The molecule has 16 heavy (non-hydrogen) atoms. The molecule has 1 amide bonds. The fraction of sp³-hybridized carbons (Fsp3) is 0.273. The first kappa shape index (κ1) is 12.2. The highest BCUT2D eigenvalue weighted by molar-refractivity contribution is 5.94. The molecule has 0 unspecified atom stereocenters. The molecule has 1 aromatic carbocycles. The number of methoxy groups -OCH3 is 1. The monoisotopic (exact) mass is 225 g/mol. The Bertz CT molecular complexity index is 393. The average molecular weight is 225 g/mol. The van der Waals surface area contributed by atoms with Gasteiger partial charge in [-0.25, -0.2) is 4.39 Å². The van der Waals surface area contributed by atoms with Gasteiger partial charge in [-0.05, 0) is 18.2 Å². The van der Waals surface area contributed by atoms with Gasteiger partial charge in [-0.2, -0.15) is 0 Å². The van der Waals surface area contributed by atoms with Gasteiger partial charge in [-0.3, -0.25) is 9.59 Å². The molecule has 0 bridgehead atoms. The van der Waals surface area contributed by atoms with Gasteiger partial charge in [-0.15, -0.1) is 0 Å². The van der Waals surface area contributed by atoms with E-state index in [-0.39, 0.29) is 18.5 Å². The van der Waals surface area contributed by atoms with E-state index in [1.807, 2.05) is 0 Å². The molecular formula is C11H12FNO3. The fourth-order valence-corrected chi connectivity index (χ4v) is 1.11. The maximum atomic E-state index is 12.8. The van der Waals surface area contributed by atoms with Gasteiger partial charge in [-0.1, -0.05) is 6.07 Å². The topological polar surface area (TPSA) is 55.4 Å². The second kappa shape index (κ2) is 5.85. The smallest absolute Gasteiger partial charge is 0.307 e. The van der Waals surface area contributed by atoms with Crippen LogP contribution in [0, 0.1) is 5.82 Å². The van der Waals surface area contributed by atoms with Crippen molar-refractivity contribution >= 4 is 11.9 Å². The Kier molecular flexibility index (Phi) is 4.44. The number of halogens is 1. The summed E-state index contributed by atoms with van der Waals surface area (Å²) in [4.78, 5) is 22.2. The number of ether oxygens (including phenoxy) is 1. The third kappa shape index (κ3) is 3.68. The lowest BCUT2D eigenvalue weighted by Crippen LogP contribution is -2.26. The minimum absolute atomic E-state index is 0.0948. The highest BCUT2D eigenvalue weighted by Crippen LogP contribution is 2.02. The van der Waals surface area contributed by atoms with E-state index in [2.05, 4.69) is 10.1 Å². The summed E-state index contributed by atoms with van der Waals surface area (Å²) in [7, 11) is 1.27. The molecule has 86 valence electrons. The van der Waals surface area contributed by atoms with Crippen molar-refractivity contribution in [3.63, 3.8) is 0 Å². The molecule has 0 aliphatic rings. The number of carbonyl (C=O) groups excluding carboxylic acids is 2. The molecule has 1 rings (SSSR count). The minimum atomic E-state index is -0.472. The maximum absolute atomic E-state index is 12.8. The number of amides is 1. The number of benzene rings is 1. The van der Waals surface area contributed by atoms with E-state index in [1.54, 1.807) is 0 Å². The summed E-state index contributed by atoms with van der Waals surface area (Å²) in [5.74, 6) is -1.29. The van der Waals surface area contributed by atoms with Gasteiger partial charge in [0.2, 0.25) is 0 Å². The lowest BCUT2D eigenvalue weighted by molar-refractivity contribution is -0.140. The van der Waals surface area contributed by atoms with Crippen LogP contribution >= 0.6 is 0 Å². The van der Waals surface area contributed by atoms with Crippen molar-refractivity contribution in [2.75, 3.05) is 13.7 Å². The molecule has 0 spiro atoms. The van der Waals surface area contributed by atoms with E-state index in [0.717, 1.165) is 6.07 Å². The van der Waals surface area contributed by atoms with Gasteiger partial charge in [0, 0.05) is 12.1 Å². The SMILES string of the molecule is COC(=O)CCNC(=O)c1cccc(F)c1. The zero-order valence-electron chi connectivity index (χ0n) is 8.83. The van der Waals surface area contributed by atoms with E-state index in [0.29, 0.717) is 0 Å². The second-order valence-electron chi connectivity index (χ2n) is 3.09. The molecule has 0 saturated carbocycles.